The van der Waals surface area contributed by atoms with Crippen LogP contribution in [-0.2, 0) is 16.1 Å². The maximum absolute atomic E-state index is 14.6. The van der Waals surface area contributed by atoms with Gasteiger partial charge in [-0.2, -0.15) is 0 Å². The van der Waals surface area contributed by atoms with Crippen molar-refractivity contribution in [3.05, 3.63) is 89.2 Å². The normalized spacial score (nSPS) is 11.6. The minimum absolute atomic E-state index is 0.0378. The quantitative estimate of drug-likeness (QED) is 0.347. The average molecular weight is 435 g/mol. The molecule has 0 saturated heterocycles. The Kier molecular flexibility index (Phi) is 7.57. The number of carbonyl (C=O) groups is 1. The molecule has 0 aliphatic heterocycles. The topological polar surface area (TPSA) is 97.4 Å². The summed E-state index contributed by atoms with van der Waals surface area (Å²) in [6.45, 7) is 2.18. The summed E-state index contributed by atoms with van der Waals surface area (Å²) in [4.78, 5) is 12.9. The van der Waals surface area contributed by atoms with Crippen LogP contribution in [0.1, 0.15) is 29.7 Å². The van der Waals surface area contributed by atoms with Gasteiger partial charge in [-0.05, 0) is 41.8 Å². The number of amides is 1. The molecule has 0 aliphatic rings. The molecule has 0 aromatic heterocycles. The van der Waals surface area contributed by atoms with Crippen LogP contribution in [0.15, 0.2) is 66.7 Å². The molecule has 3 aromatic rings. The molecule has 1 unspecified atom stereocenters. The lowest BCUT2D eigenvalue weighted by molar-refractivity contribution is -0.133. The molecule has 6 nitrogen and oxygen atoms in total. The van der Waals surface area contributed by atoms with E-state index in [1.165, 1.54) is 19.2 Å². The van der Waals surface area contributed by atoms with Crippen molar-refractivity contribution in [2.75, 3.05) is 13.7 Å². The van der Waals surface area contributed by atoms with Crippen LogP contribution in [-0.4, -0.2) is 25.5 Å². The van der Waals surface area contributed by atoms with Crippen molar-refractivity contribution in [3.63, 3.8) is 0 Å². The molecule has 1 atom stereocenters. The Morgan fingerprint density at radius 2 is 1.88 bits per heavy atom. The van der Waals surface area contributed by atoms with Crippen LogP contribution in [0.5, 0.6) is 5.75 Å². The first-order valence-electron chi connectivity index (χ1n) is 10.2. The number of amidine groups is 1. The number of nitrogens with two attached hydrogens (primary N) is 1. The average Bonchev–Trinajstić information content (AvgIpc) is 2.81. The molecule has 0 spiro atoms. The number of ether oxygens (including phenoxy) is 2. The maximum atomic E-state index is 14.6. The molecule has 3 aromatic carbocycles. The lowest BCUT2D eigenvalue weighted by atomic mass is 9.96. The summed E-state index contributed by atoms with van der Waals surface area (Å²) in [7, 11) is 1.45. The number of nitrogens with one attached hydrogen (secondary N) is 2. The Balaban J connectivity index is 1.86. The molecule has 3 rings (SSSR count). The number of nitrogen functional groups attached to an aromatic ring is 1. The minimum Gasteiger partial charge on any atom is -0.497 e. The molecular formula is C25H26FN3O3. The van der Waals surface area contributed by atoms with E-state index in [1.54, 1.807) is 19.1 Å². The zero-order valence-electron chi connectivity index (χ0n) is 18.0. The van der Waals surface area contributed by atoms with E-state index in [4.69, 9.17) is 20.6 Å². The molecule has 1 amide bonds. The number of benzene rings is 3. The molecule has 0 bridgehead atoms. The van der Waals surface area contributed by atoms with Crippen molar-refractivity contribution in [1.29, 1.82) is 5.41 Å². The van der Waals surface area contributed by atoms with Crippen molar-refractivity contribution < 1.29 is 18.7 Å². The SMILES string of the molecule is CCOC(C(=O)NCc1ccc(C(=N)N)cc1-c1ccccc1)c1ccc(OC)cc1F. The second kappa shape index (κ2) is 10.5. The van der Waals surface area contributed by atoms with Crippen LogP contribution in [0.4, 0.5) is 4.39 Å². The summed E-state index contributed by atoms with van der Waals surface area (Å²) in [5.41, 5.74) is 9.00. The van der Waals surface area contributed by atoms with Crippen LogP contribution in [0.2, 0.25) is 0 Å². The first-order valence-corrected chi connectivity index (χ1v) is 10.2. The molecule has 0 heterocycles. The Labute approximate surface area is 186 Å². The Morgan fingerprint density at radius 1 is 1.12 bits per heavy atom. The minimum atomic E-state index is -1.09. The zero-order valence-corrected chi connectivity index (χ0v) is 18.0. The van der Waals surface area contributed by atoms with Crippen LogP contribution < -0.4 is 15.8 Å². The first kappa shape index (κ1) is 23.0. The second-order valence-electron chi connectivity index (χ2n) is 7.09. The Morgan fingerprint density at radius 3 is 2.50 bits per heavy atom. The largest absolute Gasteiger partial charge is 0.497 e. The highest BCUT2D eigenvalue weighted by Crippen LogP contribution is 2.27. The summed E-state index contributed by atoms with van der Waals surface area (Å²) < 4.78 is 25.2. The molecular weight excluding hydrogens is 409 g/mol. The smallest absolute Gasteiger partial charge is 0.254 e. The summed E-state index contributed by atoms with van der Waals surface area (Å²) >= 11 is 0. The van der Waals surface area contributed by atoms with Gasteiger partial charge in [0.2, 0.25) is 0 Å². The van der Waals surface area contributed by atoms with E-state index in [9.17, 15) is 9.18 Å². The van der Waals surface area contributed by atoms with Crippen molar-refractivity contribution in [1.82, 2.24) is 5.32 Å². The highest BCUT2D eigenvalue weighted by Gasteiger charge is 2.24. The van der Waals surface area contributed by atoms with Gasteiger partial charge in [-0.25, -0.2) is 4.39 Å². The van der Waals surface area contributed by atoms with Gasteiger partial charge in [0.25, 0.3) is 5.91 Å². The number of halogens is 1. The molecule has 166 valence electrons. The van der Waals surface area contributed by atoms with Gasteiger partial charge in [0, 0.05) is 30.3 Å². The summed E-state index contributed by atoms with van der Waals surface area (Å²) in [5.74, 6) is -0.705. The van der Waals surface area contributed by atoms with E-state index in [-0.39, 0.29) is 24.6 Å². The third-order valence-electron chi connectivity index (χ3n) is 5.02. The van der Waals surface area contributed by atoms with Gasteiger partial charge >= 0.3 is 0 Å². The third kappa shape index (κ3) is 5.31. The Hall–Kier alpha value is -3.71. The highest BCUT2D eigenvalue weighted by atomic mass is 19.1. The second-order valence-corrected chi connectivity index (χ2v) is 7.09. The molecule has 4 N–H and O–H groups in total. The predicted octanol–water partition coefficient (Wildman–Crippen LogP) is 4.18. The van der Waals surface area contributed by atoms with Crippen molar-refractivity contribution >= 4 is 11.7 Å². The van der Waals surface area contributed by atoms with Crippen LogP contribution in [0, 0.1) is 11.2 Å². The number of hydrogen-bond donors (Lipinski definition) is 3. The zero-order chi connectivity index (χ0) is 23.1. The van der Waals surface area contributed by atoms with Gasteiger partial charge in [-0.15, -0.1) is 0 Å². The van der Waals surface area contributed by atoms with E-state index < -0.39 is 17.8 Å². The number of hydrogen-bond acceptors (Lipinski definition) is 4. The van der Waals surface area contributed by atoms with Crippen LogP contribution in [0.25, 0.3) is 11.1 Å². The van der Waals surface area contributed by atoms with Crippen molar-refractivity contribution in [2.45, 2.75) is 19.6 Å². The van der Waals surface area contributed by atoms with Gasteiger partial charge in [-0.3, -0.25) is 10.2 Å². The summed E-state index contributed by atoms with van der Waals surface area (Å²) in [5, 5.41) is 10.6. The van der Waals surface area contributed by atoms with E-state index >= 15 is 0 Å². The predicted molar refractivity (Wildman–Crippen MR) is 122 cm³/mol. The maximum Gasteiger partial charge on any atom is 0.254 e. The monoisotopic (exact) mass is 435 g/mol. The lowest BCUT2D eigenvalue weighted by Gasteiger charge is -2.19. The van der Waals surface area contributed by atoms with Crippen LogP contribution >= 0.6 is 0 Å². The first-order chi connectivity index (χ1) is 15.4. The number of carbonyl (C=O) groups excluding carboxylic acids is 1. The molecule has 7 heteroatoms. The van der Waals surface area contributed by atoms with Gasteiger partial charge in [0.05, 0.1) is 7.11 Å². The molecule has 32 heavy (non-hydrogen) atoms. The van der Waals surface area contributed by atoms with Crippen molar-refractivity contribution in [3.8, 4) is 16.9 Å². The van der Waals surface area contributed by atoms with Crippen molar-refractivity contribution in [2.24, 2.45) is 5.73 Å². The standard InChI is InChI=1S/C25H26FN3O3/c1-3-32-23(20-12-11-19(31-2)14-22(20)26)25(30)29-15-18-10-9-17(24(27)28)13-21(18)16-7-5-4-6-8-16/h4-14,23H,3,15H2,1-2H3,(H3,27,28)(H,29,30). The fourth-order valence-corrected chi connectivity index (χ4v) is 3.38. The number of rotatable bonds is 9. The molecule has 0 saturated carbocycles. The van der Waals surface area contributed by atoms with Gasteiger partial charge in [0.15, 0.2) is 6.10 Å². The summed E-state index contributed by atoms with van der Waals surface area (Å²) in [6.07, 6.45) is -1.09. The van der Waals surface area contributed by atoms with Gasteiger partial charge < -0.3 is 20.5 Å². The van der Waals surface area contributed by atoms with Gasteiger partial charge in [-0.1, -0.05) is 42.5 Å². The summed E-state index contributed by atoms with van der Waals surface area (Å²) in [6, 6.07) is 19.3. The van der Waals surface area contributed by atoms with E-state index in [2.05, 4.69) is 5.32 Å². The third-order valence-corrected chi connectivity index (χ3v) is 5.02. The van der Waals surface area contributed by atoms with Crippen LogP contribution in [0.3, 0.4) is 0 Å². The molecule has 0 fully saturated rings. The Bertz CT molecular complexity index is 1100. The molecule has 0 aliphatic carbocycles. The van der Waals surface area contributed by atoms with E-state index in [1.807, 2.05) is 42.5 Å². The number of methoxy groups -OCH3 is 1. The molecule has 0 radical (unpaired) electrons. The van der Waals surface area contributed by atoms with Gasteiger partial charge in [0.1, 0.15) is 17.4 Å². The fourth-order valence-electron chi connectivity index (χ4n) is 3.38. The fraction of sp³-hybridized carbons (Fsp3) is 0.200. The van der Waals surface area contributed by atoms with E-state index in [0.29, 0.717) is 11.3 Å². The highest BCUT2D eigenvalue weighted by molar-refractivity contribution is 5.96. The lowest BCUT2D eigenvalue weighted by Crippen LogP contribution is -2.31. The van der Waals surface area contributed by atoms with E-state index in [0.717, 1.165) is 16.7 Å².